The van der Waals surface area contributed by atoms with Gasteiger partial charge in [-0.25, -0.2) is 9.18 Å². The van der Waals surface area contributed by atoms with Crippen molar-refractivity contribution in [2.75, 3.05) is 7.11 Å². The maximum absolute atomic E-state index is 13.2. The minimum atomic E-state index is -1.89. The quantitative estimate of drug-likeness (QED) is 0.832. The monoisotopic (exact) mass is 212 g/mol. The molecule has 1 aromatic rings. The summed E-state index contributed by atoms with van der Waals surface area (Å²) in [7, 11) is 1.51. The third-order valence-electron chi connectivity index (χ3n) is 2.29. The molecule has 0 fully saturated rings. The summed E-state index contributed by atoms with van der Waals surface area (Å²) < 4.78 is 18.2. The lowest BCUT2D eigenvalue weighted by Gasteiger charge is -2.14. The van der Waals surface area contributed by atoms with Crippen LogP contribution in [0, 0.1) is 0 Å². The van der Waals surface area contributed by atoms with Gasteiger partial charge in [0.15, 0.2) is 0 Å². The number of carboxylic acid groups (broad SMARTS) is 1. The molecule has 0 saturated heterocycles. The molecule has 0 aromatic heterocycles. The fourth-order valence-corrected chi connectivity index (χ4v) is 1.31. The van der Waals surface area contributed by atoms with E-state index in [9.17, 15) is 9.18 Å². The highest BCUT2D eigenvalue weighted by molar-refractivity contribution is 5.73. The van der Waals surface area contributed by atoms with Gasteiger partial charge in [0, 0.05) is 5.92 Å². The lowest BCUT2D eigenvalue weighted by molar-refractivity contribution is -0.143. The summed E-state index contributed by atoms with van der Waals surface area (Å²) in [5.41, 5.74) is 0.615. The second-order valence-electron chi connectivity index (χ2n) is 3.31. The van der Waals surface area contributed by atoms with Crippen LogP contribution >= 0.6 is 0 Å². The Kier molecular flexibility index (Phi) is 3.66. The van der Waals surface area contributed by atoms with Crippen LogP contribution in [-0.4, -0.2) is 24.4 Å². The number of ether oxygens (including phenoxy) is 1. The molecule has 2 atom stereocenters. The van der Waals surface area contributed by atoms with E-state index in [4.69, 9.17) is 9.84 Å². The Morgan fingerprint density at radius 1 is 1.53 bits per heavy atom. The Balaban J connectivity index is 2.90. The molecule has 0 saturated carbocycles. The number of aliphatic carboxylic acids is 1. The molecule has 1 rings (SSSR count). The smallest absolute Gasteiger partial charge is 0.338 e. The highest BCUT2D eigenvalue weighted by atomic mass is 19.1. The van der Waals surface area contributed by atoms with E-state index in [1.165, 1.54) is 14.0 Å². The van der Waals surface area contributed by atoms with Gasteiger partial charge >= 0.3 is 5.97 Å². The van der Waals surface area contributed by atoms with E-state index >= 15 is 0 Å². The average Bonchev–Trinajstić information content (AvgIpc) is 2.27. The normalized spacial score (nSPS) is 14.3. The summed E-state index contributed by atoms with van der Waals surface area (Å²) in [4.78, 5) is 10.5. The SMILES string of the molecule is COc1cccc(C(C)C(F)C(=O)O)c1. The average molecular weight is 212 g/mol. The van der Waals surface area contributed by atoms with Crippen LogP contribution in [0.15, 0.2) is 24.3 Å². The Morgan fingerprint density at radius 3 is 2.73 bits per heavy atom. The number of carbonyl (C=O) groups is 1. The number of carboxylic acids is 1. The van der Waals surface area contributed by atoms with Crippen molar-refractivity contribution in [3.05, 3.63) is 29.8 Å². The van der Waals surface area contributed by atoms with Gasteiger partial charge in [0.1, 0.15) is 5.75 Å². The van der Waals surface area contributed by atoms with Gasteiger partial charge in [0.2, 0.25) is 6.17 Å². The van der Waals surface area contributed by atoms with Crippen LogP contribution in [0.25, 0.3) is 0 Å². The molecule has 15 heavy (non-hydrogen) atoms. The predicted molar refractivity (Wildman–Crippen MR) is 53.9 cm³/mol. The molecule has 1 N–H and O–H groups in total. The van der Waals surface area contributed by atoms with Gasteiger partial charge in [-0.05, 0) is 17.7 Å². The number of methoxy groups -OCH3 is 1. The Morgan fingerprint density at radius 2 is 2.20 bits per heavy atom. The molecule has 0 bridgehead atoms. The van der Waals surface area contributed by atoms with Gasteiger partial charge in [0.25, 0.3) is 0 Å². The minimum absolute atomic E-state index is 0.594. The number of halogens is 1. The predicted octanol–water partition coefficient (Wildman–Crippen LogP) is 2.22. The number of rotatable bonds is 4. The van der Waals surface area contributed by atoms with Crippen LogP contribution in [0.2, 0.25) is 0 Å². The molecule has 0 aliphatic carbocycles. The second-order valence-corrected chi connectivity index (χ2v) is 3.31. The molecule has 4 heteroatoms. The van der Waals surface area contributed by atoms with Gasteiger partial charge in [-0.15, -0.1) is 0 Å². The topological polar surface area (TPSA) is 46.5 Å². The van der Waals surface area contributed by atoms with Gasteiger partial charge < -0.3 is 9.84 Å². The molecule has 0 amide bonds. The van der Waals surface area contributed by atoms with E-state index < -0.39 is 18.1 Å². The summed E-state index contributed by atoms with van der Waals surface area (Å²) in [6.07, 6.45) is -1.89. The van der Waals surface area contributed by atoms with Gasteiger partial charge in [0.05, 0.1) is 7.11 Å². The molecular formula is C11H13FO3. The van der Waals surface area contributed by atoms with Crippen LogP contribution in [0.5, 0.6) is 5.75 Å². The molecule has 0 aliphatic heterocycles. The second kappa shape index (κ2) is 4.77. The van der Waals surface area contributed by atoms with E-state index in [2.05, 4.69) is 0 Å². The van der Waals surface area contributed by atoms with E-state index in [0.717, 1.165) is 0 Å². The Labute approximate surface area is 87.5 Å². The molecule has 0 radical (unpaired) electrons. The highest BCUT2D eigenvalue weighted by Gasteiger charge is 2.25. The van der Waals surface area contributed by atoms with Crippen molar-refractivity contribution in [3.8, 4) is 5.75 Å². The van der Waals surface area contributed by atoms with E-state index in [0.29, 0.717) is 11.3 Å². The van der Waals surface area contributed by atoms with Crippen molar-refractivity contribution in [2.45, 2.75) is 19.0 Å². The fourth-order valence-electron chi connectivity index (χ4n) is 1.31. The summed E-state index contributed by atoms with van der Waals surface area (Å²) >= 11 is 0. The largest absolute Gasteiger partial charge is 0.497 e. The molecule has 2 unspecified atom stereocenters. The van der Waals surface area contributed by atoms with E-state index in [1.54, 1.807) is 24.3 Å². The van der Waals surface area contributed by atoms with Crippen molar-refractivity contribution in [1.82, 2.24) is 0 Å². The minimum Gasteiger partial charge on any atom is -0.497 e. The molecule has 1 aromatic carbocycles. The van der Waals surface area contributed by atoms with Crippen molar-refractivity contribution in [2.24, 2.45) is 0 Å². The maximum atomic E-state index is 13.2. The first-order valence-electron chi connectivity index (χ1n) is 4.57. The zero-order valence-corrected chi connectivity index (χ0v) is 8.61. The maximum Gasteiger partial charge on any atom is 0.338 e. The molecule has 0 aliphatic rings. The first-order chi connectivity index (χ1) is 7.06. The zero-order chi connectivity index (χ0) is 11.4. The summed E-state index contributed by atoms with van der Waals surface area (Å²) in [6.45, 7) is 1.54. The third-order valence-corrected chi connectivity index (χ3v) is 2.29. The van der Waals surface area contributed by atoms with Crippen molar-refractivity contribution < 1.29 is 19.0 Å². The Hall–Kier alpha value is -1.58. The number of benzene rings is 1. The third kappa shape index (κ3) is 2.68. The molecular weight excluding hydrogens is 199 g/mol. The molecule has 82 valence electrons. The van der Waals surface area contributed by atoms with Gasteiger partial charge in [-0.2, -0.15) is 0 Å². The van der Waals surface area contributed by atoms with Crippen molar-refractivity contribution >= 4 is 5.97 Å². The van der Waals surface area contributed by atoms with Crippen LogP contribution in [0.3, 0.4) is 0 Å². The summed E-state index contributed by atoms with van der Waals surface area (Å²) in [6, 6.07) is 6.76. The van der Waals surface area contributed by atoms with Crippen LogP contribution in [0.1, 0.15) is 18.4 Å². The van der Waals surface area contributed by atoms with Crippen LogP contribution < -0.4 is 4.74 Å². The molecule has 0 spiro atoms. The summed E-state index contributed by atoms with van der Waals surface area (Å²) in [5.74, 6) is -1.53. The zero-order valence-electron chi connectivity index (χ0n) is 8.61. The van der Waals surface area contributed by atoms with Gasteiger partial charge in [-0.3, -0.25) is 0 Å². The lowest BCUT2D eigenvalue weighted by Crippen LogP contribution is -2.21. The number of alkyl halides is 1. The molecule has 3 nitrogen and oxygen atoms in total. The standard InChI is InChI=1S/C11H13FO3/c1-7(10(12)11(13)14)8-4-3-5-9(6-8)15-2/h3-7,10H,1-2H3,(H,13,14). The van der Waals surface area contributed by atoms with Crippen molar-refractivity contribution in [1.29, 1.82) is 0 Å². The van der Waals surface area contributed by atoms with Crippen molar-refractivity contribution in [3.63, 3.8) is 0 Å². The highest BCUT2D eigenvalue weighted by Crippen LogP contribution is 2.25. The first-order valence-corrected chi connectivity index (χ1v) is 4.57. The lowest BCUT2D eigenvalue weighted by atomic mass is 9.96. The molecule has 0 heterocycles. The Bertz CT molecular complexity index is 351. The van der Waals surface area contributed by atoms with E-state index in [1.807, 2.05) is 0 Å². The number of hydrogen-bond donors (Lipinski definition) is 1. The fraction of sp³-hybridized carbons (Fsp3) is 0.364. The number of hydrogen-bond acceptors (Lipinski definition) is 2. The first kappa shape index (κ1) is 11.5. The summed E-state index contributed by atoms with van der Waals surface area (Å²) in [5, 5.41) is 8.53. The van der Waals surface area contributed by atoms with Crippen LogP contribution in [-0.2, 0) is 4.79 Å². The van der Waals surface area contributed by atoms with E-state index in [-0.39, 0.29) is 0 Å². The van der Waals surface area contributed by atoms with Gasteiger partial charge in [-0.1, -0.05) is 19.1 Å². The van der Waals surface area contributed by atoms with Crippen LogP contribution in [0.4, 0.5) is 4.39 Å².